The van der Waals surface area contributed by atoms with Crippen LogP contribution in [0.5, 0.6) is 5.75 Å². The van der Waals surface area contributed by atoms with Gasteiger partial charge in [0.1, 0.15) is 10.8 Å². The van der Waals surface area contributed by atoms with Crippen LogP contribution in [0.25, 0.3) is 17.1 Å². The number of ether oxygens (including phenoxy) is 1. The molecule has 32 heavy (non-hydrogen) atoms. The number of hydrogen-bond acceptors (Lipinski definition) is 6. The van der Waals surface area contributed by atoms with Crippen LogP contribution in [0.4, 0.5) is 5.69 Å². The largest absolute Gasteiger partial charge is 0.497 e. The molecule has 0 atom stereocenters. The van der Waals surface area contributed by atoms with E-state index in [1.165, 1.54) is 11.8 Å². The molecule has 8 heteroatoms. The van der Waals surface area contributed by atoms with E-state index in [4.69, 9.17) is 4.74 Å². The Morgan fingerprint density at radius 1 is 1.03 bits per heavy atom. The van der Waals surface area contributed by atoms with Crippen molar-refractivity contribution in [3.05, 3.63) is 78.0 Å². The molecule has 2 heterocycles. The molecule has 4 aromatic rings. The van der Waals surface area contributed by atoms with Crippen LogP contribution in [0.2, 0.25) is 0 Å². The topological polar surface area (TPSA) is 81.9 Å². The highest BCUT2D eigenvalue weighted by Crippen LogP contribution is 2.24. The number of thioether (sulfide) groups is 1. The first kappa shape index (κ1) is 21.6. The second kappa shape index (κ2) is 9.65. The number of nitrogens with one attached hydrogen (secondary N) is 1. The van der Waals surface area contributed by atoms with Gasteiger partial charge in [-0.25, -0.2) is 4.68 Å². The van der Waals surface area contributed by atoms with Gasteiger partial charge in [0.05, 0.1) is 24.8 Å². The van der Waals surface area contributed by atoms with Crippen LogP contribution in [0.15, 0.2) is 71.9 Å². The van der Waals surface area contributed by atoms with Crippen LogP contribution in [-0.2, 0) is 4.79 Å². The third-order valence-corrected chi connectivity index (χ3v) is 5.81. The summed E-state index contributed by atoms with van der Waals surface area (Å²) in [6.45, 7) is 3.97. The zero-order valence-electron chi connectivity index (χ0n) is 18.1. The Bertz CT molecular complexity index is 1220. The van der Waals surface area contributed by atoms with Gasteiger partial charge < -0.3 is 10.1 Å². The van der Waals surface area contributed by atoms with Crippen molar-refractivity contribution in [3.63, 3.8) is 0 Å². The van der Waals surface area contributed by atoms with Gasteiger partial charge >= 0.3 is 0 Å². The number of anilines is 1. The zero-order chi connectivity index (χ0) is 22.5. The number of hydrogen-bond donors (Lipinski definition) is 1. The Morgan fingerprint density at radius 3 is 2.56 bits per heavy atom. The van der Waals surface area contributed by atoms with Gasteiger partial charge in [-0.05, 0) is 73.5 Å². The van der Waals surface area contributed by atoms with E-state index >= 15 is 0 Å². The first-order valence-corrected chi connectivity index (χ1v) is 11.0. The molecule has 162 valence electrons. The molecule has 0 saturated heterocycles. The molecule has 1 N–H and O–H groups in total. The quantitative estimate of drug-likeness (QED) is 0.416. The summed E-state index contributed by atoms with van der Waals surface area (Å²) in [5.41, 5.74) is 4.86. The molecule has 0 aliphatic rings. The Balaban J connectivity index is 1.41. The molecule has 0 bridgehead atoms. The summed E-state index contributed by atoms with van der Waals surface area (Å²) in [6.07, 6.45) is 1.72. The Hall–Kier alpha value is -3.65. The van der Waals surface area contributed by atoms with Crippen molar-refractivity contribution in [1.82, 2.24) is 20.0 Å². The van der Waals surface area contributed by atoms with Crippen molar-refractivity contribution in [2.24, 2.45) is 0 Å². The molecule has 4 rings (SSSR count). The summed E-state index contributed by atoms with van der Waals surface area (Å²) in [4.78, 5) is 12.3. The minimum absolute atomic E-state index is 0.0801. The fraction of sp³-hybridized carbons (Fsp3) is 0.167. The van der Waals surface area contributed by atoms with E-state index in [1.807, 2.05) is 74.5 Å². The number of carbonyl (C=O) groups is 1. The summed E-state index contributed by atoms with van der Waals surface area (Å²) < 4.78 is 6.96. The molecule has 2 aromatic heterocycles. The predicted octanol–water partition coefficient (Wildman–Crippen LogP) is 4.69. The molecule has 0 unspecified atom stereocenters. The third kappa shape index (κ3) is 4.97. The summed E-state index contributed by atoms with van der Waals surface area (Å²) in [5, 5.41) is 16.6. The fourth-order valence-corrected chi connectivity index (χ4v) is 3.78. The SMILES string of the molecule is COc1ccc(-c2ccnn2-c2ccc(SCC(=O)Nc3cc(C)ccc3C)nn2)cc1. The van der Waals surface area contributed by atoms with E-state index in [9.17, 15) is 4.79 Å². The first-order valence-electron chi connectivity index (χ1n) is 10.1. The van der Waals surface area contributed by atoms with Gasteiger partial charge in [-0.15, -0.1) is 10.2 Å². The van der Waals surface area contributed by atoms with Gasteiger partial charge in [-0.2, -0.15) is 5.10 Å². The van der Waals surface area contributed by atoms with E-state index in [0.717, 1.165) is 33.8 Å². The summed E-state index contributed by atoms with van der Waals surface area (Å²) in [6, 6.07) is 19.4. The molecular formula is C24H23N5O2S. The minimum atomic E-state index is -0.0801. The van der Waals surface area contributed by atoms with Crippen molar-refractivity contribution >= 4 is 23.4 Å². The molecule has 0 fully saturated rings. The number of aromatic nitrogens is 4. The monoisotopic (exact) mass is 445 g/mol. The van der Waals surface area contributed by atoms with Crippen molar-refractivity contribution in [2.75, 3.05) is 18.2 Å². The van der Waals surface area contributed by atoms with Crippen LogP contribution in [-0.4, -0.2) is 38.7 Å². The molecule has 0 aliphatic carbocycles. The van der Waals surface area contributed by atoms with Crippen molar-refractivity contribution < 1.29 is 9.53 Å². The number of benzene rings is 2. The van der Waals surface area contributed by atoms with Gasteiger partial charge in [0.2, 0.25) is 5.91 Å². The average molecular weight is 446 g/mol. The highest BCUT2D eigenvalue weighted by molar-refractivity contribution is 7.99. The normalized spacial score (nSPS) is 10.7. The highest BCUT2D eigenvalue weighted by Gasteiger charge is 2.11. The maximum atomic E-state index is 12.3. The molecule has 0 spiro atoms. The number of methoxy groups -OCH3 is 1. The summed E-state index contributed by atoms with van der Waals surface area (Å²) in [7, 11) is 1.64. The van der Waals surface area contributed by atoms with Crippen LogP contribution < -0.4 is 10.1 Å². The maximum absolute atomic E-state index is 12.3. The lowest BCUT2D eigenvalue weighted by Gasteiger charge is -2.09. The van der Waals surface area contributed by atoms with Crippen molar-refractivity contribution in [3.8, 4) is 22.8 Å². The number of aryl methyl sites for hydroxylation is 2. The lowest BCUT2D eigenvalue weighted by Crippen LogP contribution is -2.15. The second-order valence-electron chi connectivity index (χ2n) is 7.24. The van der Waals surface area contributed by atoms with Crippen LogP contribution in [0, 0.1) is 13.8 Å². The van der Waals surface area contributed by atoms with E-state index in [2.05, 4.69) is 20.6 Å². The third-order valence-electron chi connectivity index (χ3n) is 4.89. The number of nitrogens with zero attached hydrogens (tertiary/aromatic N) is 4. The fourth-order valence-electron chi connectivity index (χ4n) is 3.17. The lowest BCUT2D eigenvalue weighted by atomic mass is 10.1. The van der Waals surface area contributed by atoms with Crippen molar-refractivity contribution in [2.45, 2.75) is 18.9 Å². The van der Waals surface area contributed by atoms with Gasteiger partial charge in [0, 0.05) is 11.3 Å². The van der Waals surface area contributed by atoms with Gasteiger partial charge in [0.15, 0.2) is 5.82 Å². The van der Waals surface area contributed by atoms with Crippen LogP contribution >= 0.6 is 11.8 Å². The van der Waals surface area contributed by atoms with Crippen LogP contribution in [0.1, 0.15) is 11.1 Å². The number of rotatable bonds is 7. The molecular weight excluding hydrogens is 422 g/mol. The van der Waals surface area contributed by atoms with E-state index < -0.39 is 0 Å². The molecule has 0 saturated carbocycles. The van der Waals surface area contributed by atoms with E-state index in [-0.39, 0.29) is 11.7 Å². The summed E-state index contributed by atoms with van der Waals surface area (Å²) >= 11 is 1.34. The lowest BCUT2D eigenvalue weighted by molar-refractivity contribution is -0.113. The van der Waals surface area contributed by atoms with Crippen LogP contribution in [0.3, 0.4) is 0 Å². The Morgan fingerprint density at radius 2 is 1.84 bits per heavy atom. The van der Waals surface area contributed by atoms with Gasteiger partial charge in [-0.3, -0.25) is 4.79 Å². The molecule has 1 amide bonds. The highest BCUT2D eigenvalue weighted by atomic mass is 32.2. The first-order chi connectivity index (χ1) is 15.5. The molecule has 2 aromatic carbocycles. The number of amides is 1. The standard InChI is InChI=1S/C24H23N5O2S/c1-16-4-5-17(2)20(14-16)26-23(30)15-32-24-11-10-22(27-28-24)29-21(12-13-25-29)18-6-8-19(31-3)9-7-18/h4-14H,15H2,1-3H3,(H,26,30). The van der Waals surface area contributed by atoms with Gasteiger partial charge in [0.25, 0.3) is 0 Å². The van der Waals surface area contributed by atoms with E-state index in [1.54, 1.807) is 18.0 Å². The average Bonchev–Trinajstić information content (AvgIpc) is 3.30. The zero-order valence-corrected chi connectivity index (χ0v) is 18.9. The smallest absolute Gasteiger partial charge is 0.234 e. The van der Waals surface area contributed by atoms with E-state index in [0.29, 0.717) is 10.8 Å². The molecule has 0 aliphatic heterocycles. The number of carbonyl (C=O) groups excluding carboxylic acids is 1. The maximum Gasteiger partial charge on any atom is 0.234 e. The van der Waals surface area contributed by atoms with Gasteiger partial charge in [-0.1, -0.05) is 23.9 Å². The Kier molecular flexibility index (Phi) is 6.51. The molecule has 0 radical (unpaired) electrons. The summed E-state index contributed by atoms with van der Waals surface area (Å²) in [5.74, 6) is 1.57. The molecule has 7 nitrogen and oxygen atoms in total. The predicted molar refractivity (Wildman–Crippen MR) is 126 cm³/mol. The van der Waals surface area contributed by atoms with Crippen molar-refractivity contribution in [1.29, 1.82) is 0 Å². The Labute approximate surface area is 190 Å². The minimum Gasteiger partial charge on any atom is -0.497 e. The second-order valence-corrected chi connectivity index (χ2v) is 8.24.